The maximum Gasteiger partial charge on any atom is 0.334 e. The Morgan fingerprint density at radius 1 is 1.43 bits per heavy atom. The van der Waals surface area contributed by atoms with Gasteiger partial charge in [0.05, 0.1) is 12.2 Å². The summed E-state index contributed by atoms with van der Waals surface area (Å²) >= 11 is 0. The van der Waals surface area contributed by atoms with E-state index in [-0.39, 0.29) is 0 Å². The summed E-state index contributed by atoms with van der Waals surface area (Å²) in [5, 5.41) is 18.8. The van der Waals surface area contributed by atoms with Crippen molar-refractivity contribution in [3.8, 4) is 0 Å². The molecule has 0 aromatic rings. The Labute approximate surface area is 123 Å². The minimum atomic E-state index is -1.10. The van der Waals surface area contributed by atoms with Crippen LogP contribution in [0.25, 0.3) is 0 Å². The standard InChI is InChI=1S/C15H20O6/c1-4-9(2)15(19)21-13(6-5-11(17)10(3)16)12-7-8-14(18)20-12/h4-8,10-13,16-17H,1-3H3/b6-5+,9-4+/t10-,11+,12+,13-/m1/s1. The average Bonchev–Trinajstić information content (AvgIpc) is 2.87. The van der Waals surface area contributed by atoms with E-state index in [9.17, 15) is 19.8 Å². The lowest BCUT2D eigenvalue weighted by molar-refractivity contribution is -0.153. The number of esters is 2. The molecule has 0 amide bonds. The van der Waals surface area contributed by atoms with Gasteiger partial charge in [0.25, 0.3) is 0 Å². The van der Waals surface area contributed by atoms with Crippen LogP contribution in [0.15, 0.2) is 36.0 Å². The molecule has 0 radical (unpaired) electrons. The van der Waals surface area contributed by atoms with Crippen molar-refractivity contribution < 1.29 is 29.3 Å². The van der Waals surface area contributed by atoms with Gasteiger partial charge in [-0.05, 0) is 32.9 Å². The molecule has 4 atom stereocenters. The lowest BCUT2D eigenvalue weighted by Gasteiger charge is -2.20. The van der Waals surface area contributed by atoms with Crippen molar-refractivity contribution in [2.45, 2.75) is 45.2 Å². The van der Waals surface area contributed by atoms with E-state index in [1.165, 1.54) is 31.2 Å². The fourth-order valence-electron chi connectivity index (χ4n) is 1.50. The Bertz CT molecular complexity index is 475. The van der Waals surface area contributed by atoms with Gasteiger partial charge in [-0.1, -0.05) is 12.2 Å². The van der Waals surface area contributed by atoms with E-state index in [4.69, 9.17) is 9.47 Å². The van der Waals surface area contributed by atoms with E-state index in [0.717, 1.165) is 0 Å². The highest BCUT2D eigenvalue weighted by Crippen LogP contribution is 2.16. The second-order valence-electron chi connectivity index (χ2n) is 4.72. The fraction of sp³-hybridized carbons (Fsp3) is 0.467. The van der Waals surface area contributed by atoms with Gasteiger partial charge in [-0.25, -0.2) is 9.59 Å². The molecule has 1 aliphatic rings. The number of aliphatic hydroxyl groups is 2. The molecule has 0 spiro atoms. The van der Waals surface area contributed by atoms with E-state index in [1.807, 2.05) is 0 Å². The topological polar surface area (TPSA) is 93.1 Å². The van der Waals surface area contributed by atoms with Gasteiger partial charge in [-0.2, -0.15) is 0 Å². The minimum Gasteiger partial charge on any atom is -0.451 e. The van der Waals surface area contributed by atoms with Gasteiger partial charge in [0.15, 0.2) is 12.2 Å². The van der Waals surface area contributed by atoms with Crippen LogP contribution in [0.4, 0.5) is 0 Å². The van der Waals surface area contributed by atoms with Gasteiger partial charge in [-0.15, -0.1) is 0 Å². The zero-order valence-corrected chi connectivity index (χ0v) is 12.2. The lowest BCUT2D eigenvalue weighted by atomic mass is 10.1. The van der Waals surface area contributed by atoms with Crippen LogP contribution in [0.5, 0.6) is 0 Å². The molecule has 0 fully saturated rings. The summed E-state index contributed by atoms with van der Waals surface area (Å²) in [6.45, 7) is 4.73. The number of allylic oxidation sites excluding steroid dienone is 1. The van der Waals surface area contributed by atoms with Crippen LogP contribution in [0.1, 0.15) is 20.8 Å². The molecule has 21 heavy (non-hydrogen) atoms. The third-order valence-corrected chi connectivity index (χ3v) is 2.99. The third kappa shape index (κ3) is 5.17. The van der Waals surface area contributed by atoms with Crippen LogP contribution >= 0.6 is 0 Å². The molecule has 6 nitrogen and oxygen atoms in total. The van der Waals surface area contributed by atoms with E-state index in [2.05, 4.69) is 0 Å². The molecule has 1 aliphatic heterocycles. The molecule has 1 heterocycles. The van der Waals surface area contributed by atoms with Gasteiger partial charge < -0.3 is 19.7 Å². The number of aliphatic hydroxyl groups excluding tert-OH is 2. The molecule has 0 aromatic carbocycles. The summed E-state index contributed by atoms with van der Waals surface area (Å²) in [7, 11) is 0. The first kappa shape index (κ1) is 17.1. The summed E-state index contributed by atoms with van der Waals surface area (Å²) < 4.78 is 10.2. The molecule has 0 unspecified atom stereocenters. The van der Waals surface area contributed by atoms with E-state index >= 15 is 0 Å². The Morgan fingerprint density at radius 3 is 2.57 bits per heavy atom. The molecule has 1 rings (SSSR count). The minimum absolute atomic E-state index is 0.415. The SMILES string of the molecule is C/C=C(\C)C(=O)O[C@H](/C=C/[C@H](O)[C@@H](C)O)[C@@H]1C=CC(=O)O1. The smallest absolute Gasteiger partial charge is 0.334 e. The number of rotatable bonds is 6. The van der Waals surface area contributed by atoms with Gasteiger partial charge in [0.2, 0.25) is 0 Å². The van der Waals surface area contributed by atoms with Crippen molar-refractivity contribution in [2.75, 3.05) is 0 Å². The molecular formula is C15H20O6. The van der Waals surface area contributed by atoms with Crippen LogP contribution in [0, 0.1) is 0 Å². The normalized spacial score (nSPS) is 23.0. The zero-order chi connectivity index (χ0) is 16.0. The van der Waals surface area contributed by atoms with E-state index in [0.29, 0.717) is 5.57 Å². The number of carbonyl (C=O) groups excluding carboxylic acids is 2. The molecule has 0 bridgehead atoms. The maximum atomic E-state index is 11.8. The molecule has 0 saturated carbocycles. The Balaban J connectivity index is 2.82. The molecule has 0 saturated heterocycles. The summed E-state index contributed by atoms with van der Waals surface area (Å²) in [5.74, 6) is -1.07. The van der Waals surface area contributed by atoms with Gasteiger partial charge in [0, 0.05) is 11.6 Å². The number of hydrogen-bond acceptors (Lipinski definition) is 6. The highest BCUT2D eigenvalue weighted by atomic mass is 16.6. The zero-order valence-electron chi connectivity index (χ0n) is 12.2. The molecular weight excluding hydrogens is 276 g/mol. The Hall–Kier alpha value is -1.92. The molecule has 6 heteroatoms. The Morgan fingerprint density at radius 2 is 2.10 bits per heavy atom. The summed E-state index contributed by atoms with van der Waals surface area (Å²) in [5.41, 5.74) is 0.415. The van der Waals surface area contributed by atoms with Crippen LogP contribution in [0.2, 0.25) is 0 Å². The number of hydrogen-bond donors (Lipinski definition) is 2. The van der Waals surface area contributed by atoms with Crippen molar-refractivity contribution in [1.29, 1.82) is 0 Å². The number of ether oxygens (including phenoxy) is 2. The monoisotopic (exact) mass is 296 g/mol. The molecule has 0 aliphatic carbocycles. The Kier molecular flexibility index (Phi) is 6.33. The quantitative estimate of drug-likeness (QED) is 0.424. The third-order valence-electron chi connectivity index (χ3n) is 2.99. The van der Waals surface area contributed by atoms with Crippen molar-refractivity contribution in [3.63, 3.8) is 0 Å². The predicted octanol–water partition coefficient (Wildman–Crippen LogP) is 0.644. The second kappa shape index (κ2) is 7.75. The molecule has 116 valence electrons. The maximum absolute atomic E-state index is 11.8. The van der Waals surface area contributed by atoms with Crippen LogP contribution in [-0.4, -0.2) is 46.6 Å². The highest BCUT2D eigenvalue weighted by molar-refractivity contribution is 5.88. The number of cyclic esters (lactones) is 1. The van der Waals surface area contributed by atoms with Gasteiger partial charge in [0.1, 0.15) is 0 Å². The van der Waals surface area contributed by atoms with Crippen LogP contribution < -0.4 is 0 Å². The van der Waals surface area contributed by atoms with Gasteiger partial charge >= 0.3 is 11.9 Å². The highest BCUT2D eigenvalue weighted by Gasteiger charge is 2.28. The first-order valence-corrected chi connectivity index (χ1v) is 6.62. The van der Waals surface area contributed by atoms with Crippen molar-refractivity contribution in [2.24, 2.45) is 0 Å². The molecule has 2 N–H and O–H groups in total. The van der Waals surface area contributed by atoms with E-state index in [1.54, 1.807) is 19.9 Å². The van der Waals surface area contributed by atoms with Gasteiger partial charge in [-0.3, -0.25) is 0 Å². The summed E-state index contributed by atoms with van der Waals surface area (Å²) in [6.07, 6.45) is 3.33. The number of carbonyl (C=O) groups is 2. The van der Waals surface area contributed by atoms with Crippen molar-refractivity contribution >= 4 is 11.9 Å². The van der Waals surface area contributed by atoms with Crippen LogP contribution in [-0.2, 0) is 19.1 Å². The van der Waals surface area contributed by atoms with E-state index < -0.39 is 36.4 Å². The fourth-order valence-corrected chi connectivity index (χ4v) is 1.50. The summed E-state index contributed by atoms with van der Waals surface area (Å²) in [6, 6.07) is 0. The first-order chi connectivity index (χ1) is 9.85. The summed E-state index contributed by atoms with van der Waals surface area (Å²) in [4.78, 5) is 22.9. The molecule has 0 aromatic heterocycles. The van der Waals surface area contributed by atoms with Crippen LogP contribution in [0.3, 0.4) is 0 Å². The van der Waals surface area contributed by atoms with Crippen molar-refractivity contribution in [3.05, 3.63) is 36.0 Å². The van der Waals surface area contributed by atoms with Crippen molar-refractivity contribution in [1.82, 2.24) is 0 Å². The average molecular weight is 296 g/mol. The lowest BCUT2D eigenvalue weighted by Crippen LogP contribution is -2.30. The largest absolute Gasteiger partial charge is 0.451 e. The second-order valence-corrected chi connectivity index (χ2v) is 4.72. The first-order valence-electron chi connectivity index (χ1n) is 6.62. The predicted molar refractivity (Wildman–Crippen MR) is 75.2 cm³/mol.